The van der Waals surface area contributed by atoms with Crippen LogP contribution in [0.4, 0.5) is 0 Å². The largest absolute Gasteiger partial charge is 0.488 e. The van der Waals surface area contributed by atoms with Crippen molar-refractivity contribution in [2.75, 3.05) is 0 Å². The van der Waals surface area contributed by atoms with Gasteiger partial charge in [0, 0.05) is 4.88 Å². The quantitative estimate of drug-likeness (QED) is 0.612. The fraction of sp³-hybridized carbons (Fsp3) is 0.105. The zero-order valence-electron chi connectivity index (χ0n) is 12.3. The van der Waals surface area contributed by atoms with Crippen molar-refractivity contribution in [3.63, 3.8) is 0 Å². The van der Waals surface area contributed by atoms with Crippen molar-refractivity contribution in [2.45, 2.75) is 13.5 Å². The van der Waals surface area contributed by atoms with Crippen LogP contribution in [0, 0.1) is 6.92 Å². The number of hydrogen-bond donors (Lipinski definition) is 0. The van der Waals surface area contributed by atoms with Crippen LogP contribution in [-0.2, 0) is 6.61 Å². The molecule has 0 unspecified atom stereocenters. The molecule has 1 heterocycles. The van der Waals surface area contributed by atoms with Crippen molar-refractivity contribution in [3.8, 4) is 16.2 Å². The van der Waals surface area contributed by atoms with Gasteiger partial charge in [0.05, 0.1) is 5.56 Å². The molecular formula is C19H16O2S. The summed E-state index contributed by atoms with van der Waals surface area (Å²) in [6.45, 7) is 2.53. The fourth-order valence-electron chi connectivity index (χ4n) is 2.23. The number of aryl methyl sites for hydroxylation is 1. The minimum Gasteiger partial charge on any atom is -0.488 e. The Bertz CT molecular complexity index is 775. The van der Waals surface area contributed by atoms with E-state index in [0.717, 1.165) is 17.4 Å². The third kappa shape index (κ3) is 3.26. The molecule has 22 heavy (non-hydrogen) atoms. The summed E-state index contributed by atoms with van der Waals surface area (Å²) < 4.78 is 5.86. The molecule has 110 valence electrons. The van der Waals surface area contributed by atoms with Crippen molar-refractivity contribution in [2.24, 2.45) is 0 Å². The molecule has 0 aliphatic rings. The first-order valence-corrected chi connectivity index (χ1v) is 7.95. The van der Waals surface area contributed by atoms with Gasteiger partial charge in [-0.1, -0.05) is 36.4 Å². The molecule has 0 saturated heterocycles. The summed E-state index contributed by atoms with van der Waals surface area (Å²) >= 11 is 1.70. The Kier molecular flexibility index (Phi) is 4.35. The summed E-state index contributed by atoms with van der Waals surface area (Å²) in [6, 6.07) is 17.8. The molecule has 3 rings (SSSR count). The highest BCUT2D eigenvalue weighted by atomic mass is 32.1. The summed E-state index contributed by atoms with van der Waals surface area (Å²) in [5.74, 6) is 0.627. The number of ether oxygens (including phenoxy) is 1. The van der Waals surface area contributed by atoms with E-state index in [9.17, 15) is 4.79 Å². The lowest BCUT2D eigenvalue weighted by Gasteiger charge is -2.10. The van der Waals surface area contributed by atoms with Gasteiger partial charge in [-0.2, -0.15) is 0 Å². The average Bonchev–Trinajstić information content (AvgIpc) is 3.00. The molecule has 1 aromatic heterocycles. The number of carbonyl (C=O) groups excluding carboxylic acids is 1. The molecule has 0 N–H and O–H groups in total. The van der Waals surface area contributed by atoms with Crippen LogP contribution >= 0.6 is 11.3 Å². The summed E-state index contributed by atoms with van der Waals surface area (Å²) in [4.78, 5) is 12.4. The molecule has 0 aliphatic carbocycles. The number of thiophene rings is 1. The first kappa shape index (κ1) is 14.5. The molecule has 0 radical (unpaired) electrons. The number of benzene rings is 2. The van der Waals surface area contributed by atoms with E-state index in [-0.39, 0.29) is 0 Å². The van der Waals surface area contributed by atoms with E-state index in [1.807, 2.05) is 48.5 Å². The lowest BCUT2D eigenvalue weighted by Crippen LogP contribution is -1.98. The maximum absolute atomic E-state index is 11.2. The van der Waals surface area contributed by atoms with Crippen LogP contribution in [0.1, 0.15) is 21.5 Å². The first-order valence-electron chi connectivity index (χ1n) is 7.08. The van der Waals surface area contributed by atoms with Crippen molar-refractivity contribution in [1.82, 2.24) is 0 Å². The van der Waals surface area contributed by atoms with Crippen LogP contribution in [0.25, 0.3) is 10.4 Å². The Morgan fingerprint density at radius 1 is 1.09 bits per heavy atom. The maximum atomic E-state index is 11.2. The summed E-state index contributed by atoms with van der Waals surface area (Å²) in [7, 11) is 0. The zero-order chi connectivity index (χ0) is 15.4. The van der Waals surface area contributed by atoms with E-state index >= 15 is 0 Å². The number of hydrogen-bond acceptors (Lipinski definition) is 3. The second-order valence-electron chi connectivity index (χ2n) is 5.13. The van der Waals surface area contributed by atoms with Crippen LogP contribution in [0.2, 0.25) is 0 Å². The van der Waals surface area contributed by atoms with Crippen molar-refractivity contribution in [3.05, 3.63) is 76.7 Å². The van der Waals surface area contributed by atoms with E-state index in [1.165, 1.54) is 10.4 Å². The van der Waals surface area contributed by atoms with Gasteiger partial charge in [0.1, 0.15) is 12.4 Å². The van der Waals surface area contributed by atoms with Crippen molar-refractivity contribution >= 4 is 17.6 Å². The average molecular weight is 308 g/mol. The predicted molar refractivity (Wildman–Crippen MR) is 90.7 cm³/mol. The van der Waals surface area contributed by atoms with Crippen LogP contribution in [0.5, 0.6) is 5.75 Å². The normalized spacial score (nSPS) is 10.4. The maximum Gasteiger partial charge on any atom is 0.153 e. The van der Waals surface area contributed by atoms with Gasteiger partial charge in [-0.05, 0) is 47.2 Å². The molecule has 2 aromatic carbocycles. The van der Waals surface area contributed by atoms with Crippen molar-refractivity contribution < 1.29 is 9.53 Å². The number of aldehydes is 1. The van der Waals surface area contributed by atoms with Crippen LogP contribution < -0.4 is 4.74 Å². The van der Waals surface area contributed by atoms with E-state index in [0.29, 0.717) is 17.9 Å². The Morgan fingerprint density at radius 3 is 2.59 bits per heavy atom. The lowest BCUT2D eigenvalue weighted by molar-refractivity contribution is 0.111. The molecule has 2 nitrogen and oxygen atoms in total. The fourth-order valence-corrected chi connectivity index (χ4v) is 3.13. The van der Waals surface area contributed by atoms with Gasteiger partial charge < -0.3 is 4.74 Å². The highest BCUT2D eigenvalue weighted by molar-refractivity contribution is 7.13. The zero-order valence-corrected chi connectivity index (χ0v) is 13.1. The summed E-state index contributed by atoms with van der Waals surface area (Å²) in [5, 5.41) is 2.12. The highest BCUT2D eigenvalue weighted by Gasteiger charge is 2.08. The second-order valence-corrected chi connectivity index (χ2v) is 6.04. The Balaban J connectivity index is 1.86. The summed E-state index contributed by atoms with van der Waals surface area (Å²) in [5.41, 5.74) is 3.97. The number of carbonyl (C=O) groups is 1. The van der Waals surface area contributed by atoms with Gasteiger partial charge in [0.15, 0.2) is 6.29 Å². The monoisotopic (exact) mass is 308 g/mol. The topological polar surface area (TPSA) is 26.3 Å². The minimum absolute atomic E-state index is 0.453. The lowest BCUT2D eigenvalue weighted by atomic mass is 10.1. The molecule has 0 spiro atoms. The Hall–Kier alpha value is -2.39. The Morgan fingerprint density at radius 2 is 1.91 bits per heavy atom. The molecule has 0 amide bonds. The van der Waals surface area contributed by atoms with E-state index in [2.05, 4.69) is 18.4 Å². The van der Waals surface area contributed by atoms with E-state index in [4.69, 9.17) is 4.74 Å². The van der Waals surface area contributed by atoms with Crippen molar-refractivity contribution in [1.29, 1.82) is 0 Å². The van der Waals surface area contributed by atoms with Gasteiger partial charge in [-0.3, -0.25) is 4.79 Å². The van der Waals surface area contributed by atoms with Gasteiger partial charge in [-0.15, -0.1) is 11.3 Å². The highest BCUT2D eigenvalue weighted by Crippen LogP contribution is 2.31. The van der Waals surface area contributed by atoms with Gasteiger partial charge >= 0.3 is 0 Å². The number of rotatable bonds is 5. The third-order valence-electron chi connectivity index (χ3n) is 3.39. The smallest absolute Gasteiger partial charge is 0.153 e. The molecule has 3 heteroatoms. The van der Waals surface area contributed by atoms with Crippen LogP contribution in [0.3, 0.4) is 0 Å². The standard InChI is InChI=1S/C19H16O2S/c1-14-9-19(22-13-14)16-7-8-17(11-20)18(10-16)21-12-15-5-3-2-4-6-15/h2-11,13H,12H2,1H3. The van der Waals surface area contributed by atoms with E-state index in [1.54, 1.807) is 11.3 Å². The van der Waals surface area contributed by atoms with Crippen LogP contribution in [-0.4, -0.2) is 6.29 Å². The molecular weight excluding hydrogens is 292 g/mol. The molecule has 0 bridgehead atoms. The van der Waals surface area contributed by atoms with E-state index < -0.39 is 0 Å². The predicted octanol–water partition coefficient (Wildman–Crippen LogP) is 5.12. The second kappa shape index (κ2) is 6.58. The molecule has 3 aromatic rings. The third-order valence-corrected chi connectivity index (χ3v) is 4.49. The first-order chi connectivity index (χ1) is 10.8. The van der Waals surface area contributed by atoms with Gasteiger partial charge in [-0.25, -0.2) is 0 Å². The van der Waals surface area contributed by atoms with Gasteiger partial charge in [0.25, 0.3) is 0 Å². The molecule has 0 saturated carbocycles. The van der Waals surface area contributed by atoms with Gasteiger partial charge in [0.2, 0.25) is 0 Å². The molecule has 0 fully saturated rings. The van der Waals surface area contributed by atoms with Crippen LogP contribution in [0.15, 0.2) is 60.0 Å². The summed E-state index contributed by atoms with van der Waals surface area (Å²) in [6.07, 6.45) is 0.837. The molecule has 0 atom stereocenters. The SMILES string of the molecule is Cc1csc(-c2ccc(C=O)c(OCc3ccccc3)c2)c1. The molecule has 0 aliphatic heterocycles. The Labute approximate surface area is 134 Å². The minimum atomic E-state index is 0.453.